The quantitative estimate of drug-likeness (QED) is 0.742. The molecule has 0 radical (unpaired) electrons. The lowest BCUT2D eigenvalue weighted by molar-refractivity contribution is -0.143. The third kappa shape index (κ3) is 4.62. The number of nitrogens with zero attached hydrogens (tertiary/aromatic N) is 3. The lowest BCUT2D eigenvalue weighted by atomic mass is 9.95. The first kappa shape index (κ1) is 21.8. The molecular weight excluding hydrogens is 417 g/mol. The second-order valence-corrected chi connectivity index (χ2v) is 8.33. The molecule has 0 spiro atoms. The van der Waals surface area contributed by atoms with Gasteiger partial charge in [0.05, 0.1) is 13.2 Å². The van der Waals surface area contributed by atoms with Crippen molar-refractivity contribution in [2.45, 2.75) is 44.1 Å². The summed E-state index contributed by atoms with van der Waals surface area (Å²) in [6.45, 7) is 0.481. The molecule has 1 aromatic heterocycles. The Morgan fingerprint density at radius 2 is 2.00 bits per heavy atom. The van der Waals surface area contributed by atoms with Gasteiger partial charge in [-0.3, -0.25) is 19.3 Å². The molecule has 2 fully saturated rings. The second-order valence-electron chi connectivity index (χ2n) is 8.33. The normalized spacial score (nSPS) is 22.2. The monoisotopic (exact) mass is 442 g/mol. The molecule has 1 aliphatic carbocycles. The molecule has 11 heteroatoms. The number of carbonyl (C=O) groups excluding carboxylic acids is 2. The van der Waals surface area contributed by atoms with Crippen LogP contribution in [0.1, 0.15) is 40.4 Å². The first-order chi connectivity index (χ1) is 14.7. The van der Waals surface area contributed by atoms with Crippen LogP contribution in [0.15, 0.2) is 11.0 Å². The summed E-state index contributed by atoms with van der Waals surface area (Å²) in [6.07, 6.45) is -1.13. The Morgan fingerprint density at radius 1 is 1.26 bits per heavy atom. The molecule has 1 aromatic rings. The minimum absolute atomic E-state index is 0.0593. The number of pyridine rings is 1. The van der Waals surface area contributed by atoms with E-state index in [1.807, 2.05) is 17.3 Å². The summed E-state index contributed by atoms with van der Waals surface area (Å²) >= 11 is 0. The zero-order valence-electron chi connectivity index (χ0n) is 17.2. The van der Waals surface area contributed by atoms with Gasteiger partial charge in [-0.25, -0.2) is 0 Å². The molecule has 3 aliphatic rings. The molecule has 0 unspecified atom stereocenters. The third-order valence-corrected chi connectivity index (χ3v) is 6.04. The number of halogens is 3. The van der Waals surface area contributed by atoms with Crippen LogP contribution in [-0.2, 0) is 22.5 Å². The van der Waals surface area contributed by atoms with Gasteiger partial charge in [0.1, 0.15) is 18.2 Å². The summed E-state index contributed by atoms with van der Waals surface area (Å²) in [6, 6.07) is -0.463. The highest BCUT2D eigenvalue weighted by molar-refractivity contribution is 5.96. The fraction of sp³-hybridized carbons (Fsp3) is 0.650. The first-order valence-electron chi connectivity index (χ1n) is 10.3. The number of likely N-dealkylation sites (N-methyl/N-ethyl adjacent to an activating group) is 1. The van der Waals surface area contributed by atoms with Crippen molar-refractivity contribution in [3.05, 3.63) is 33.2 Å². The largest absolute Gasteiger partial charge is 0.405 e. The first-order valence-corrected chi connectivity index (χ1v) is 10.3. The predicted octanol–water partition coefficient (Wildman–Crippen LogP) is 0.691. The summed E-state index contributed by atoms with van der Waals surface area (Å²) in [5, 5.41) is 1.83. The lowest BCUT2D eigenvalue weighted by Gasteiger charge is -2.37. The van der Waals surface area contributed by atoms with Crippen molar-refractivity contribution < 1.29 is 27.5 Å². The van der Waals surface area contributed by atoms with E-state index in [2.05, 4.69) is 0 Å². The number of aromatic nitrogens is 1. The second kappa shape index (κ2) is 8.27. The zero-order chi connectivity index (χ0) is 22.3. The van der Waals surface area contributed by atoms with Gasteiger partial charge in [-0.1, -0.05) is 0 Å². The number of hydrogen-bond donors (Lipinski definition) is 1. The third-order valence-electron chi connectivity index (χ3n) is 6.04. The van der Waals surface area contributed by atoms with Gasteiger partial charge in [-0.15, -0.1) is 0 Å². The SMILES string of the molecule is CN1CCOC[C@H]1C(=O)N1CCc2c(cn(C3CC3)c(=O)c2C(=O)NCC(F)(F)F)C1. The van der Waals surface area contributed by atoms with Gasteiger partial charge >= 0.3 is 6.18 Å². The minimum atomic E-state index is -4.57. The maximum Gasteiger partial charge on any atom is 0.405 e. The number of amides is 2. The van der Waals surface area contributed by atoms with Crippen LogP contribution in [0.3, 0.4) is 0 Å². The summed E-state index contributed by atoms with van der Waals surface area (Å²) in [4.78, 5) is 42.1. The zero-order valence-corrected chi connectivity index (χ0v) is 17.2. The molecule has 1 N–H and O–H groups in total. The summed E-state index contributed by atoms with van der Waals surface area (Å²) in [5.74, 6) is -1.12. The Morgan fingerprint density at radius 3 is 2.65 bits per heavy atom. The highest BCUT2D eigenvalue weighted by atomic mass is 19.4. The van der Waals surface area contributed by atoms with Crippen LogP contribution in [0.2, 0.25) is 0 Å². The van der Waals surface area contributed by atoms with Crippen LogP contribution in [0, 0.1) is 0 Å². The summed E-state index contributed by atoms with van der Waals surface area (Å²) in [5.41, 5.74) is 0.251. The van der Waals surface area contributed by atoms with Gasteiger partial charge in [0, 0.05) is 31.9 Å². The molecule has 0 bridgehead atoms. The molecule has 31 heavy (non-hydrogen) atoms. The summed E-state index contributed by atoms with van der Waals surface area (Å²) < 4.78 is 44.6. The molecule has 1 saturated heterocycles. The molecule has 170 valence electrons. The summed E-state index contributed by atoms with van der Waals surface area (Å²) in [7, 11) is 1.86. The fourth-order valence-electron chi connectivity index (χ4n) is 4.15. The molecule has 2 amide bonds. The highest BCUT2D eigenvalue weighted by Crippen LogP contribution is 2.35. The van der Waals surface area contributed by atoms with Crippen LogP contribution in [0.25, 0.3) is 0 Å². The maximum absolute atomic E-state index is 13.0. The number of carbonyl (C=O) groups is 2. The van der Waals surface area contributed by atoms with Gasteiger partial charge < -0.3 is 19.5 Å². The average molecular weight is 442 g/mol. The molecular formula is C20H25F3N4O4. The van der Waals surface area contributed by atoms with E-state index in [-0.39, 0.29) is 37.0 Å². The predicted molar refractivity (Wildman–Crippen MR) is 104 cm³/mol. The van der Waals surface area contributed by atoms with Gasteiger partial charge in [0.25, 0.3) is 11.5 Å². The Labute approximate surface area is 176 Å². The van der Waals surface area contributed by atoms with E-state index >= 15 is 0 Å². The Hall–Kier alpha value is -2.40. The van der Waals surface area contributed by atoms with Crippen LogP contribution in [0.5, 0.6) is 0 Å². The van der Waals surface area contributed by atoms with E-state index < -0.39 is 30.2 Å². The number of rotatable bonds is 4. The maximum atomic E-state index is 13.0. The van der Waals surface area contributed by atoms with E-state index in [1.165, 1.54) is 4.57 Å². The van der Waals surface area contributed by atoms with Crippen molar-refractivity contribution in [2.75, 3.05) is 39.9 Å². The van der Waals surface area contributed by atoms with Crippen molar-refractivity contribution in [3.8, 4) is 0 Å². The Kier molecular flexibility index (Phi) is 5.82. The molecule has 3 heterocycles. The molecule has 8 nitrogen and oxygen atoms in total. The fourth-order valence-corrected chi connectivity index (χ4v) is 4.15. The standard InChI is InChI=1S/C20H25F3N4O4/c1-25-6-7-31-10-15(25)18(29)26-5-4-14-12(8-26)9-27(13-2-3-13)19(30)16(14)17(28)24-11-20(21,22)23/h9,13,15H,2-8,10-11H2,1H3,(H,24,28)/t15-/m0/s1. The number of hydrogen-bond acceptors (Lipinski definition) is 5. The number of alkyl halides is 3. The van der Waals surface area contributed by atoms with Gasteiger partial charge in [0.2, 0.25) is 5.91 Å². The van der Waals surface area contributed by atoms with E-state index in [4.69, 9.17) is 4.74 Å². The van der Waals surface area contributed by atoms with Gasteiger partial charge in [0.15, 0.2) is 0 Å². The molecule has 4 rings (SSSR count). The molecule has 1 saturated carbocycles. The van der Waals surface area contributed by atoms with Crippen LogP contribution in [-0.4, -0.2) is 78.3 Å². The number of ether oxygens (including phenoxy) is 1. The van der Waals surface area contributed by atoms with E-state index in [0.717, 1.165) is 12.8 Å². The average Bonchev–Trinajstić information content (AvgIpc) is 3.56. The van der Waals surface area contributed by atoms with Crippen molar-refractivity contribution >= 4 is 11.8 Å². The Balaban J connectivity index is 1.62. The van der Waals surface area contributed by atoms with E-state index in [9.17, 15) is 27.6 Å². The number of nitrogens with one attached hydrogen (secondary N) is 1. The molecule has 2 aliphatic heterocycles. The smallest absolute Gasteiger partial charge is 0.378 e. The van der Waals surface area contributed by atoms with E-state index in [0.29, 0.717) is 30.9 Å². The van der Waals surface area contributed by atoms with Crippen LogP contribution in [0.4, 0.5) is 13.2 Å². The van der Waals surface area contributed by atoms with E-state index in [1.54, 1.807) is 11.1 Å². The van der Waals surface area contributed by atoms with Crippen LogP contribution < -0.4 is 10.9 Å². The highest BCUT2D eigenvalue weighted by Gasteiger charge is 2.36. The molecule has 0 aromatic carbocycles. The van der Waals surface area contributed by atoms with Crippen molar-refractivity contribution in [1.29, 1.82) is 0 Å². The van der Waals surface area contributed by atoms with Crippen molar-refractivity contribution in [3.63, 3.8) is 0 Å². The lowest BCUT2D eigenvalue weighted by Crippen LogP contribution is -2.54. The topological polar surface area (TPSA) is 83.9 Å². The van der Waals surface area contributed by atoms with Gasteiger partial charge in [-0.2, -0.15) is 13.2 Å². The van der Waals surface area contributed by atoms with Gasteiger partial charge in [-0.05, 0) is 37.4 Å². The van der Waals surface area contributed by atoms with Crippen LogP contribution >= 0.6 is 0 Å². The number of fused-ring (bicyclic) bond motifs is 1. The number of morpholine rings is 1. The van der Waals surface area contributed by atoms with Crippen molar-refractivity contribution in [1.82, 2.24) is 19.7 Å². The minimum Gasteiger partial charge on any atom is -0.378 e. The Bertz CT molecular complexity index is 942. The molecule has 1 atom stereocenters. The van der Waals surface area contributed by atoms with Crippen molar-refractivity contribution in [2.24, 2.45) is 0 Å².